The van der Waals surface area contributed by atoms with Crippen LogP contribution in [-0.4, -0.2) is 69.9 Å². The Labute approximate surface area is 258 Å². The van der Waals surface area contributed by atoms with Gasteiger partial charge in [0.15, 0.2) is 0 Å². The van der Waals surface area contributed by atoms with Crippen molar-refractivity contribution in [2.24, 2.45) is 17.0 Å². The standard InChI is InChI=1S/C32H41ClN2O7S/c1-20(43(34,38)39)17-41-25-10-12-40-30(15-25)26-7-4-23(26)16-35-18-32(11-2-3-21-13-24(33)6-8-27(21)32)19-42-29-9-5-22(31(36)37)14-28(29)35/h5-6,8-9,13-14,20,23,25-26,30H,2-4,7,10-12,15-19H2,1H3,(H,36,37)(H2,34,38,39)/t20-,23+,25+,26-,30+,32?/m1/s1. The zero-order valence-corrected chi connectivity index (χ0v) is 26.1. The summed E-state index contributed by atoms with van der Waals surface area (Å²) in [5, 5.41) is 15.1. The van der Waals surface area contributed by atoms with Crippen LogP contribution in [0.25, 0.3) is 0 Å². The number of benzene rings is 2. The molecule has 0 bridgehead atoms. The molecular formula is C32H41ClN2O7S. The second-order valence-corrected chi connectivity index (χ2v) is 15.3. The van der Waals surface area contributed by atoms with Gasteiger partial charge in [-0.2, -0.15) is 0 Å². The van der Waals surface area contributed by atoms with Crippen LogP contribution in [0.3, 0.4) is 0 Å². The number of carboxylic acids is 1. The Bertz CT molecular complexity index is 1470. The molecule has 2 aliphatic heterocycles. The number of halogens is 1. The Morgan fingerprint density at radius 3 is 2.81 bits per heavy atom. The summed E-state index contributed by atoms with van der Waals surface area (Å²) in [4.78, 5) is 14.3. The van der Waals surface area contributed by atoms with Gasteiger partial charge < -0.3 is 24.2 Å². The summed E-state index contributed by atoms with van der Waals surface area (Å²) < 4.78 is 42.0. The fourth-order valence-corrected chi connectivity index (χ4v) is 7.92. The summed E-state index contributed by atoms with van der Waals surface area (Å²) in [6.45, 7) is 4.24. The molecular weight excluding hydrogens is 592 g/mol. The van der Waals surface area contributed by atoms with Gasteiger partial charge in [-0.3, -0.25) is 0 Å². The fourth-order valence-electron chi connectivity index (χ4n) is 7.45. The number of carbonyl (C=O) groups is 1. The number of anilines is 1. The molecule has 1 spiro atoms. The third-order valence-corrected chi connectivity index (χ3v) is 11.6. The Hall–Kier alpha value is -2.37. The lowest BCUT2D eigenvalue weighted by Gasteiger charge is -2.47. The van der Waals surface area contributed by atoms with E-state index in [1.807, 2.05) is 6.07 Å². The number of carboxylic acid groups (broad SMARTS) is 1. The van der Waals surface area contributed by atoms with Crippen molar-refractivity contribution in [1.29, 1.82) is 0 Å². The van der Waals surface area contributed by atoms with Crippen LogP contribution in [0.4, 0.5) is 5.69 Å². The summed E-state index contributed by atoms with van der Waals surface area (Å²) >= 11 is 6.38. The second kappa shape index (κ2) is 12.2. The molecule has 0 aromatic heterocycles. The molecule has 4 aliphatic rings. The van der Waals surface area contributed by atoms with Gasteiger partial charge >= 0.3 is 5.97 Å². The third kappa shape index (κ3) is 6.40. The summed E-state index contributed by atoms with van der Waals surface area (Å²) in [5.74, 6) is 0.451. The van der Waals surface area contributed by atoms with Gasteiger partial charge in [0, 0.05) is 36.6 Å². The number of hydrogen-bond acceptors (Lipinski definition) is 7. The molecule has 6 atom stereocenters. The topological polar surface area (TPSA) is 128 Å². The molecule has 9 nitrogen and oxygen atoms in total. The molecule has 11 heteroatoms. The minimum Gasteiger partial charge on any atom is -0.490 e. The van der Waals surface area contributed by atoms with Gasteiger partial charge in [-0.25, -0.2) is 18.4 Å². The molecule has 43 heavy (non-hydrogen) atoms. The Morgan fingerprint density at radius 2 is 2.07 bits per heavy atom. The quantitative estimate of drug-likeness (QED) is 0.426. The third-order valence-electron chi connectivity index (χ3n) is 10.1. The van der Waals surface area contributed by atoms with Crippen molar-refractivity contribution in [2.45, 2.75) is 74.7 Å². The van der Waals surface area contributed by atoms with E-state index in [1.165, 1.54) is 11.1 Å². The number of aryl methyl sites for hydroxylation is 1. The van der Waals surface area contributed by atoms with Crippen molar-refractivity contribution in [3.63, 3.8) is 0 Å². The van der Waals surface area contributed by atoms with E-state index in [1.54, 1.807) is 25.1 Å². The van der Waals surface area contributed by atoms with Gasteiger partial charge in [-0.1, -0.05) is 17.7 Å². The number of fused-ring (bicyclic) bond motifs is 3. The first kappa shape index (κ1) is 30.6. The molecule has 2 aliphatic carbocycles. The van der Waals surface area contributed by atoms with Crippen molar-refractivity contribution in [3.8, 4) is 5.75 Å². The molecule has 2 aromatic rings. The molecule has 1 unspecified atom stereocenters. The molecule has 0 radical (unpaired) electrons. The van der Waals surface area contributed by atoms with E-state index in [0.717, 1.165) is 68.7 Å². The van der Waals surface area contributed by atoms with Crippen molar-refractivity contribution in [3.05, 3.63) is 58.1 Å². The van der Waals surface area contributed by atoms with Crippen LogP contribution in [0.1, 0.15) is 66.9 Å². The van der Waals surface area contributed by atoms with Gasteiger partial charge in [0.2, 0.25) is 10.0 Å². The molecule has 1 saturated heterocycles. The molecule has 3 N–H and O–H groups in total. The number of sulfonamides is 1. The van der Waals surface area contributed by atoms with Gasteiger partial charge in [0.1, 0.15) is 5.75 Å². The average Bonchev–Trinajstić information content (AvgIpc) is 3.10. The number of primary sulfonamides is 1. The van der Waals surface area contributed by atoms with Gasteiger partial charge in [0.25, 0.3) is 0 Å². The number of nitrogens with two attached hydrogens (primary N) is 1. The van der Waals surface area contributed by atoms with Gasteiger partial charge in [-0.15, -0.1) is 0 Å². The normalized spacial score (nSPS) is 29.5. The maximum Gasteiger partial charge on any atom is 0.335 e. The van der Waals surface area contributed by atoms with E-state index in [4.69, 9.17) is 31.0 Å². The van der Waals surface area contributed by atoms with Crippen molar-refractivity contribution < 1.29 is 32.5 Å². The Kier molecular flexibility index (Phi) is 8.69. The smallest absolute Gasteiger partial charge is 0.335 e. The molecule has 1 saturated carbocycles. The predicted molar refractivity (Wildman–Crippen MR) is 165 cm³/mol. The van der Waals surface area contributed by atoms with E-state index < -0.39 is 21.2 Å². The molecule has 234 valence electrons. The maximum atomic E-state index is 12.0. The highest BCUT2D eigenvalue weighted by Crippen LogP contribution is 2.47. The SMILES string of the molecule is C[C@H](CO[C@H]1CCO[C@H]([C@@H]2CC[C@H]2CN2CC3(CCCc4cc(Cl)ccc43)COc3ccc(C(=O)O)cc32)C1)S(N)(=O)=O. The van der Waals surface area contributed by atoms with Gasteiger partial charge in [-0.05, 0) is 98.7 Å². The summed E-state index contributed by atoms with van der Waals surface area (Å²) in [7, 11) is -3.64. The number of nitrogens with zero attached hydrogens (tertiary/aromatic N) is 1. The van der Waals surface area contributed by atoms with Crippen molar-refractivity contribution >= 4 is 33.3 Å². The van der Waals surface area contributed by atoms with Crippen LogP contribution < -0.4 is 14.8 Å². The van der Waals surface area contributed by atoms with E-state index in [0.29, 0.717) is 30.8 Å². The van der Waals surface area contributed by atoms with E-state index in [9.17, 15) is 18.3 Å². The highest BCUT2D eigenvalue weighted by Gasteiger charge is 2.45. The average molecular weight is 633 g/mol. The van der Waals surface area contributed by atoms with E-state index in [2.05, 4.69) is 17.0 Å². The summed E-state index contributed by atoms with van der Waals surface area (Å²) in [5.41, 5.74) is 3.37. The van der Waals surface area contributed by atoms with Crippen molar-refractivity contribution in [2.75, 3.05) is 37.8 Å². The molecule has 6 rings (SSSR count). The first-order valence-corrected chi connectivity index (χ1v) is 17.3. The van der Waals surface area contributed by atoms with Crippen molar-refractivity contribution in [1.82, 2.24) is 0 Å². The van der Waals surface area contributed by atoms with E-state index >= 15 is 0 Å². The molecule has 2 heterocycles. The minimum absolute atomic E-state index is 0.0295. The predicted octanol–water partition coefficient (Wildman–Crippen LogP) is 4.78. The van der Waals surface area contributed by atoms with E-state index in [-0.39, 0.29) is 29.8 Å². The highest BCUT2D eigenvalue weighted by molar-refractivity contribution is 7.89. The zero-order valence-electron chi connectivity index (χ0n) is 24.5. The minimum atomic E-state index is -3.64. The molecule has 2 fully saturated rings. The number of rotatable bonds is 8. The van der Waals surface area contributed by atoms with Crippen LogP contribution >= 0.6 is 11.6 Å². The van der Waals surface area contributed by atoms with Crippen LogP contribution in [0.15, 0.2) is 36.4 Å². The molecule has 2 aromatic carbocycles. The number of hydrogen-bond donors (Lipinski definition) is 2. The van der Waals surface area contributed by atoms with Crippen LogP contribution in [-0.2, 0) is 31.3 Å². The summed E-state index contributed by atoms with van der Waals surface area (Å²) in [6, 6.07) is 11.4. The van der Waals surface area contributed by atoms with Crippen LogP contribution in [0.5, 0.6) is 5.75 Å². The fraction of sp³-hybridized carbons (Fsp3) is 0.594. The Balaban J connectivity index is 1.23. The lowest BCUT2D eigenvalue weighted by Crippen LogP contribution is -2.51. The van der Waals surface area contributed by atoms with Gasteiger partial charge in [0.05, 0.1) is 41.9 Å². The number of ether oxygens (including phenoxy) is 3. The first-order valence-electron chi connectivity index (χ1n) is 15.3. The Morgan fingerprint density at radius 1 is 1.23 bits per heavy atom. The lowest BCUT2D eigenvalue weighted by atomic mass is 9.67. The lowest BCUT2D eigenvalue weighted by molar-refractivity contribution is -0.116. The largest absolute Gasteiger partial charge is 0.490 e. The number of aromatic carboxylic acids is 1. The first-order chi connectivity index (χ1) is 20.5. The zero-order chi connectivity index (χ0) is 30.4. The maximum absolute atomic E-state index is 12.0. The molecule has 0 amide bonds. The van der Waals surface area contributed by atoms with Crippen LogP contribution in [0.2, 0.25) is 5.02 Å². The highest BCUT2D eigenvalue weighted by atomic mass is 35.5. The summed E-state index contributed by atoms with van der Waals surface area (Å²) in [6.07, 6.45) is 6.52. The monoisotopic (exact) mass is 632 g/mol. The second-order valence-electron chi connectivity index (χ2n) is 12.9. The van der Waals surface area contributed by atoms with Crippen LogP contribution in [0, 0.1) is 11.8 Å².